The second kappa shape index (κ2) is 6.81. The van der Waals surface area contributed by atoms with E-state index in [1.54, 1.807) is 12.5 Å². The molecule has 3 aromatic heterocycles. The molecule has 0 spiro atoms. The number of aromatic nitrogens is 5. The quantitative estimate of drug-likeness (QED) is 0.327. The van der Waals surface area contributed by atoms with Gasteiger partial charge in [-0.2, -0.15) is 19.4 Å². The van der Waals surface area contributed by atoms with Crippen LogP contribution in [0.25, 0.3) is 16.2 Å². The molecule has 0 bridgehead atoms. The molecule has 0 aliphatic rings. The molecule has 3 heterocycles. The van der Waals surface area contributed by atoms with E-state index in [0.717, 1.165) is 16.3 Å². The van der Waals surface area contributed by atoms with Gasteiger partial charge in [-0.15, -0.1) is 0 Å². The normalized spacial score (nSPS) is 11.5. The summed E-state index contributed by atoms with van der Waals surface area (Å²) in [6.45, 7) is 3.97. The van der Waals surface area contributed by atoms with Crippen LogP contribution in [0, 0.1) is 13.8 Å². The van der Waals surface area contributed by atoms with Gasteiger partial charge in [0, 0.05) is 0 Å². The lowest BCUT2D eigenvalue weighted by atomic mass is 10.2. The van der Waals surface area contributed by atoms with Crippen molar-refractivity contribution in [1.29, 1.82) is 0 Å². The largest absolute Gasteiger partial charge is 0.273 e. The lowest BCUT2D eigenvalue weighted by Crippen LogP contribution is -1.99. The van der Waals surface area contributed by atoms with Crippen LogP contribution in [0.4, 0.5) is 5.82 Å². The van der Waals surface area contributed by atoms with Crippen molar-refractivity contribution in [2.45, 2.75) is 13.8 Å². The number of fused-ring (bicyclic) bond motifs is 1. The van der Waals surface area contributed by atoms with E-state index in [4.69, 9.17) is 11.6 Å². The Hall–Kier alpha value is -2.84. The maximum absolute atomic E-state index is 6.09. The van der Waals surface area contributed by atoms with E-state index in [1.807, 2.05) is 48.7 Å². The van der Waals surface area contributed by atoms with Crippen molar-refractivity contribution in [3.63, 3.8) is 0 Å². The van der Waals surface area contributed by atoms with Crippen LogP contribution in [0.1, 0.15) is 16.8 Å². The lowest BCUT2D eigenvalue weighted by molar-refractivity contribution is 1.08. The second-order valence-corrected chi connectivity index (χ2v) is 6.84. The smallest absolute Gasteiger partial charge is 0.226 e. The van der Waals surface area contributed by atoms with Gasteiger partial charge >= 0.3 is 0 Å². The van der Waals surface area contributed by atoms with Crippen molar-refractivity contribution >= 4 is 46.3 Å². The number of hydrogen-bond acceptors (Lipinski definition) is 7. The number of hydrogen-bond donors (Lipinski definition) is 1. The highest BCUT2D eigenvalue weighted by Crippen LogP contribution is 2.25. The summed E-state index contributed by atoms with van der Waals surface area (Å²) in [5, 5.41) is 5.28. The number of aryl methyl sites for hydroxylation is 2. The van der Waals surface area contributed by atoms with Crippen molar-refractivity contribution in [3.8, 4) is 5.00 Å². The molecule has 0 radical (unpaired) electrons. The van der Waals surface area contributed by atoms with Crippen molar-refractivity contribution in [2.75, 3.05) is 5.43 Å². The molecule has 0 saturated heterocycles. The fourth-order valence-corrected chi connectivity index (χ4v) is 3.39. The van der Waals surface area contributed by atoms with Crippen molar-refractivity contribution < 1.29 is 0 Å². The van der Waals surface area contributed by atoms with Crippen LogP contribution < -0.4 is 5.43 Å². The van der Waals surface area contributed by atoms with E-state index in [-0.39, 0.29) is 5.28 Å². The molecule has 1 N–H and O–H groups in total. The first-order valence-corrected chi connectivity index (χ1v) is 8.95. The number of rotatable bonds is 4. The van der Waals surface area contributed by atoms with Crippen molar-refractivity contribution in [3.05, 3.63) is 58.8 Å². The molecule has 0 amide bonds. The van der Waals surface area contributed by atoms with Gasteiger partial charge in [-0.1, -0.05) is 29.8 Å². The molecule has 26 heavy (non-hydrogen) atoms. The van der Waals surface area contributed by atoms with E-state index in [1.165, 1.54) is 17.1 Å². The van der Waals surface area contributed by atoms with Crippen molar-refractivity contribution in [2.24, 2.45) is 5.10 Å². The first-order chi connectivity index (χ1) is 12.6. The van der Waals surface area contributed by atoms with Gasteiger partial charge in [0.05, 0.1) is 11.9 Å². The third kappa shape index (κ3) is 3.29. The Morgan fingerprint density at radius 3 is 2.88 bits per heavy atom. The highest BCUT2D eigenvalue weighted by atomic mass is 35.5. The molecule has 0 saturated carbocycles. The fraction of sp³-hybridized carbons (Fsp3) is 0.118. The van der Waals surface area contributed by atoms with Crippen LogP contribution in [-0.2, 0) is 0 Å². The monoisotopic (exact) mass is 383 g/mol. The van der Waals surface area contributed by atoms with E-state index in [0.29, 0.717) is 17.0 Å². The molecule has 0 aliphatic carbocycles. The maximum atomic E-state index is 6.09. The maximum Gasteiger partial charge on any atom is 0.226 e. The molecule has 4 rings (SSSR count). The highest BCUT2D eigenvalue weighted by Gasteiger charge is 2.14. The molecule has 0 unspecified atom stereocenters. The Kier molecular flexibility index (Phi) is 4.36. The first-order valence-electron chi connectivity index (χ1n) is 7.80. The average Bonchev–Trinajstić information content (AvgIpc) is 3.21. The van der Waals surface area contributed by atoms with Crippen LogP contribution in [0.3, 0.4) is 0 Å². The Balaban J connectivity index is 1.68. The summed E-state index contributed by atoms with van der Waals surface area (Å²) in [7, 11) is 0. The Morgan fingerprint density at radius 1 is 1.23 bits per heavy atom. The Morgan fingerprint density at radius 2 is 2.12 bits per heavy atom. The predicted molar refractivity (Wildman–Crippen MR) is 104 cm³/mol. The summed E-state index contributed by atoms with van der Waals surface area (Å²) in [5.41, 5.74) is 7.19. The van der Waals surface area contributed by atoms with E-state index < -0.39 is 0 Å². The van der Waals surface area contributed by atoms with Crippen LogP contribution in [0.5, 0.6) is 0 Å². The standard InChI is InChI=1S/C17H14ClN7S/c1-10-4-3-5-12(6-10)8-20-23-15-14-16(22-17(18)21-15)25(9-19-14)13-7-11(2)24-26-13/h3-9H,1-2H3,(H,21,22,23)/b20-8+. The minimum atomic E-state index is 0.119. The van der Waals surface area contributed by atoms with Gasteiger partial charge < -0.3 is 0 Å². The number of halogens is 1. The van der Waals surface area contributed by atoms with E-state index in [2.05, 4.69) is 29.9 Å². The zero-order valence-corrected chi connectivity index (χ0v) is 15.6. The number of nitrogens with zero attached hydrogens (tertiary/aromatic N) is 6. The SMILES string of the molecule is Cc1cccc(/C=N/Nc2nc(Cl)nc3c2ncn3-c2cc(C)ns2)c1. The number of imidazole rings is 1. The topological polar surface area (TPSA) is 80.9 Å². The number of benzene rings is 1. The minimum absolute atomic E-state index is 0.119. The third-order valence-corrected chi connectivity index (χ3v) is 4.70. The summed E-state index contributed by atoms with van der Waals surface area (Å²) in [5.74, 6) is 0.448. The van der Waals surface area contributed by atoms with Gasteiger partial charge in [-0.25, -0.2) is 4.98 Å². The molecule has 0 fully saturated rings. The van der Waals surface area contributed by atoms with Gasteiger partial charge in [0.15, 0.2) is 17.0 Å². The van der Waals surface area contributed by atoms with Crippen LogP contribution in [-0.4, -0.2) is 30.1 Å². The number of nitrogens with one attached hydrogen (secondary N) is 1. The second-order valence-electron chi connectivity index (χ2n) is 5.72. The summed E-state index contributed by atoms with van der Waals surface area (Å²) in [6, 6.07) is 9.99. The fourth-order valence-electron chi connectivity index (χ4n) is 2.49. The predicted octanol–water partition coefficient (Wildman–Crippen LogP) is 3.99. The van der Waals surface area contributed by atoms with E-state index >= 15 is 0 Å². The zero-order chi connectivity index (χ0) is 18.1. The third-order valence-electron chi connectivity index (χ3n) is 3.65. The molecule has 0 aliphatic heterocycles. The van der Waals surface area contributed by atoms with Crippen molar-refractivity contribution in [1.82, 2.24) is 23.9 Å². The summed E-state index contributed by atoms with van der Waals surface area (Å²) < 4.78 is 6.13. The van der Waals surface area contributed by atoms with Crippen LogP contribution in [0.2, 0.25) is 5.28 Å². The molecule has 1 aromatic carbocycles. The van der Waals surface area contributed by atoms with Gasteiger partial charge in [-0.05, 0) is 48.6 Å². The molecular formula is C17H14ClN7S. The zero-order valence-electron chi connectivity index (χ0n) is 14.0. The summed E-state index contributed by atoms with van der Waals surface area (Å²) in [4.78, 5) is 12.9. The van der Waals surface area contributed by atoms with Crippen LogP contribution >= 0.6 is 23.1 Å². The molecule has 130 valence electrons. The molecule has 0 atom stereocenters. The molecular weight excluding hydrogens is 370 g/mol. The minimum Gasteiger partial charge on any atom is -0.273 e. The molecule has 4 aromatic rings. The van der Waals surface area contributed by atoms with Gasteiger partial charge in [0.25, 0.3) is 0 Å². The van der Waals surface area contributed by atoms with Gasteiger partial charge in [0.1, 0.15) is 11.3 Å². The highest BCUT2D eigenvalue weighted by molar-refractivity contribution is 7.08. The number of hydrazone groups is 1. The number of anilines is 1. The Labute approximate surface area is 158 Å². The average molecular weight is 384 g/mol. The molecule has 9 heteroatoms. The summed E-state index contributed by atoms with van der Waals surface area (Å²) in [6.07, 6.45) is 3.40. The lowest BCUT2D eigenvalue weighted by Gasteiger charge is -2.03. The van der Waals surface area contributed by atoms with Crippen LogP contribution in [0.15, 0.2) is 41.8 Å². The van der Waals surface area contributed by atoms with E-state index in [9.17, 15) is 0 Å². The molecule has 7 nitrogen and oxygen atoms in total. The first kappa shape index (κ1) is 16.6. The van der Waals surface area contributed by atoms with Gasteiger partial charge in [0.2, 0.25) is 5.28 Å². The summed E-state index contributed by atoms with van der Waals surface area (Å²) >= 11 is 7.46. The Bertz CT molecular complexity index is 1120. The van der Waals surface area contributed by atoms with Gasteiger partial charge in [-0.3, -0.25) is 9.99 Å².